The van der Waals surface area contributed by atoms with Crippen molar-refractivity contribution in [3.8, 4) is 0 Å². The predicted molar refractivity (Wildman–Crippen MR) is 58.6 cm³/mol. The molecule has 0 unspecified atom stereocenters. The monoisotopic (exact) mass is 223 g/mol. The summed E-state index contributed by atoms with van der Waals surface area (Å²) in [6.07, 6.45) is 0. The van der Waals surface area contributed by atoms with Gasteiger partial charge in [0, 0.05) is 12.7 Å². The third kappa shape index (κ3) is 3.25. The summed E-state index contributed by atoms with van der Waals surface area (Å²) in [5.41, 5.74) is 8.07. The van der Waals surface area contributed by atoms with Gasteiger partial charge in [-0.15, -0.1) is 0 Å². The highest BCUT2D eigenvalue weighted by molar-refractivity contribution is 5.99. The first-order valence-corrected chi connectivity index (χ1v) is 4.62. The maximum Gasteiger partial charge on any atom is 0.276 e. The van der Waals surface area contributed by atoms with Gasteiger partial charge in [-0.1, -0.05) is 12.1 Å². The normalized spacial score (nSPS) is 9.56. The molecule has 0 spiro atoms. The van der Waals surface area contributed by atoms with E-state index in [1.807, 2.05) is 0 Å². The molecule has 0 aliphatic heterocycles. The minimum Gasteiger partial charge on any atom is -0.387 e. The van der Waals surface area contributed by atoms with E-state index in [2.05, 4.69) is 15.6 Å². The molecule has 0 aromatic heterocycles. The SMILES string of the molecule is CNc1ccccc1C(=O)NOCC(N)=O. The maximum absolute atomic E-state index is 11.6. The lowest BCUT2D eigenvalue weighted by Crippen LogP contribution is -2.29. The summed E-state index contributed by atoms with van der Waals surface area (Å²) in [7, 11) is 1.70. The molecule has 1 rings (SSSR count). The fraction of sp³-hybridized carbons (Fsp3) is 0.200. The molecule has 6 nitrogen and oxygen atoms in total. The highest BCUT2D eigenvalue weighted by atomic mass is 16.7. The third-order valence-electron chi connectivity index (χ3n) is 1.82. The Balaban J connectivity index is 2.62. The van der Waals surface area contributed by atoms with Crippen LogP contribution in [0.2, 0.25) is 0 Å². The van der Waals surface area contributed by atoms with E-state index in [9.17, 15) is 9.59 Å². The van der Waals surface area contributed by atoms with Gasteiger partial charge in [0.15, 0.2) is 6.61 Å². The molecule has 6 heteroatoms. The smallest absolute Gasteiger partial charge is 0.276 e. The largest absolute Gasteiger partial charge is 0.387 e. The van der Waals surface area contributed by atoms with Crippen LogP contribution < -0.4 is 16.5 Å². The van der Waals surface area contributed by atoms with E-state index in [4.69, 9.17) is 5.73 Å². The molecule has 0 aliphatic rings. The number of carbonyl (C=O) groups is 2. The van der Waals surface area contributed by atoms with Crippen molar-refractivity contribution in [1.29, 1.82) is 0 Å². The van der Waals surface area contributed by atoms with Crippen LogP contribution in [-0.2, 0) is 9.63 Å². The van der Waals surface area contributed by atoms with Crippen LogP contribution in [0.1, 0.15) is 10.4 Å². The molecule has 0 radical (unpaired) electrons. The van der Waals surface area contributed by atoms with Crippen LogP contribution in [0.3, 0.4) is 0 Å². The molecule has 4 N–H and O–H groups in total. The Bertz CT molecular complexity index is 393. The van der Waals surface area contributed by atoms with Gasteiger partial charge in [-0.05, 0) is 12.1 Å². The van der Waals surface area contributed by atoms with Crippen molar-refractivity contribution in [2.24, 2.45) is 5.73 Å². The second-order valence-electron chi connectivity index (χ2n) is 2.98. The fourth-order valence-corrected chi connectivity index (χ4v) is 1.13. The molecule has 1 aromatic carbocycles. The van der Waals surface area contributed by atoms with E-state index >= 15 is 0 Å². The number of hydrogen-bond donors (Lipinski definition) is 3. The van der Waals surface area contributed by atoms with E-state index in [-0.39, 0.29) is 6.61 Å². The molecule has 0 bridgehead atoms. The van der Waals surface area contributed by atoms with E-state index in [0.717, 1.165) is 0 Å². The van der Waals surface area contributed by atoms with Gasteiger partial charge in [0.05, 0.1) is 5.56 Å². The zero-order chi connectivity index (χ0) is 12.0. The Kier molecular flexibility index (Phi) is 4.28. The quantitative estimate of drug-likeness (QED) is 0.606. The molecular formula is C10H13N3O3. The second-order valence-corrected chi connectivity index (χ2v) is 2.98. The zero-order valence-corrected chi connectivity index (χ0v) is 8.82. The second kappa shape index (κ2) is 5.72. The van der Waals surface area contributed by atoms with Crippen molar-refractivity contribution in [2.75, 3.05) is 19.0 Å². The number of primary amides is 1. The molecular weight excluding hydrogens is 210 g/mol. The van der Waals surface area contributed by atoms with Crippen LogP contribution in [-0.4, -0.2) is 25.5 Å². The van der Waals surface area contributed by atoms with Gasteiger partial charge >= 0.3 is 0 Å². The molecule has 0 saturated carbocycles. The van der Waals surface area contributed by atoms with Crippen LogP contribution in [0.5, 0.6) is 0 Å². The Hall–Kier alpha value is -2.08. The summed E-state index contributed by atoms with van der Waals surface area (Å²) < 4.78 is 0. The fourth-order valence-electron chi connectivity index (χ4n) is 1.13. The number of nitrogens with one attached hydrogen (secondary N) is 2. The number of benzene rings is 1. The number of hydroxylamine groups is 1. The van der Waals surface area contributed by atoms with Crippen molar-refractivity contribution in [3.63, 3.8) is 0 Å². The van der Waals surface area contributed by atoms with Gasteiger partial charge in [0.25, 0.3) is 5.91 Å². The molecule has 86 valence electrons. The zero-order valence-electron chi connectivity index (χ0n) is 8.82. The van der Waals surface area contributed by atoms with Gasteiger partial charge in [-0.2, -0.15) is 0 Å². The van der Waals surface area contributed by atoms with Crippen molar-refractivity contribution in [1.82, 2.24) is 5.48 Å². The first-order chi connectivity index (χ1) is 7.65. The predicted octanol–water partition coefficient (Wildman–Crippen LogP) is -0.125. The highest BCUT2D eigenvalue weighted by Crippen LogP contribution is 2.13. The van der Waals surface area contributed by atoms with Crippen LogP contribution >= 0.6 is 0 Å². The lowest BCUT2D eigenvalue weighted by molar-refractivity contribution is -0.124. The number of para-hydroxylation sites is 1. The van der Waals surface area contributed by atoms with Crippen LogP contribution in [0, 0.1) is 0 Å². The molecule has 2 amide bonds. The Morgan fingerprint density at radius 1 is 1.38 bits per heavy atom. The third-order valence-corrected chi connectivity index (χ3v) is 1.82. The highest BCUT2D eigenvalue weighted by Gasteiger charge is 2.09. The lowest BCUT2D eigenvalue weighted by Gasteiger charge is -2.08. The van der Waals surface area contributed by atoms with E-state index in [1.54, 1.807) is 31.3 Å². The van der Waals surface area contributed by atoms with Crippen molar-refractivity contribution < 1.29 is 14.4 Å². The van der Waals surface area contributed by atoms with Crippen molar-refractivity contribution >= 4 is 17.5 Å². The van der Waals surface area contributed by atoms with Gasteiger partial charge in [0.2, 0.25) is 5.91 Å². The molecule has 0 atom stereocenters. The molecule has 0 saturated heterocycles. The summed E-state index contributed by atoms with van der Waals surface area (Å²) in [5, 5.41) is 2.87. The Morgan fingerprint density at radius 3 is 2.69 bits per heavy atom. The van der Waals surface area contributed by atoms with E-state index in [0.29, 0.717) is 11.3 Å². The summed E-state index contributed by atoms with van der Waals surface area (Å²) in [6, 6.07) is 6.91. The van der Waals surface area contributed by atoms with E-state index < -0.39 is 11.8 Å². The van der Waals surface area contributed by atoms with Crippen LogP contribution in [0.4, 0.5) is 5.69 Å². The number of carbonyl (C=O) groups excluding carboxylic acids is 2. The summed E-state index contributed by atoms with van der Waals surface area (Å²) in [5.74, 6) is -1.09. The molecule has 0 heterocycles. The van der Waals surface area contributed by atoms with E-state index in [1.165, 1.54) is 0 Å². The Labute approximate surface area is 92.7 Å². The molecule has 0 aliphatic carbocycles. The first-order valence-electron chi connectivity index (χ1n) is 4.62. The first kappa shape index (κ1) is 12.0. The number of hydrogen-bond acceptors (Lipinski definition) is 4. The van der Waals surface area contributed by atoms with Crippen LogP contribution in [0.25, 0.3) is 0 Å². The minimum atomic E-state index is -0.651. The lowest BCUT2D eigenvalue weighted by atomic mass is 10.1. The standard InChI is InChI=1S/C10H13N3O3/c1-12-8-5-3-2-4-7(8)10(15)13-16-6-9(11)14/h2-5,12H,6H2,1H3,(H2,11,14)(H,13,15). The average Bonchev–Trinajstić information content (AvgIpc) is 2.28. The number of anilines is 1. The van der Waals surface area contributed by atoms with Crippen molar-refractivity contribution in [3.05, 3.63) is 29.8 Å². The van der Waals surface area contributed by atoms with Gasteiger partial charge < -0.3 is 11.1 Å². The van der Waals surface area contributed by atoms with Gasteiger partial charge in [-0.3, -0.25) is 14.4 Å². The number of nitrogens with two attached hydrogens (primary N) is 1. The number of amides is 2. The minimum absolute atomic E-state index is 0.354. The average molecular weight is 223 g/mol. The summed E-state index contributed by atoms with van der Waals surface area (Å²) in [4.78, 5) is 26.6. The topological polar surface area (TPSA) is 93.4 Å². The van der Waals surface area contributed by atoms with Crippen molar-refractivity contribution in [2.45, 2.75) is 0 Å². The molecule has 0 fully saturated rings. The Morgan fingerprint density at radius 2 is 2.06 bits per heavy atom. The van der Waals surface area contributed by atoms with Crippen LogP contribution in [0.15, 0.2) is 24.3 Å². The summed E-state index contributed by atoms with van der Waals surface area (Å²) >= 11 is 0. The number of rotatable bonds is 5. The summed E-state index contributed by atoms with van der Waals surface area (Å²) in [6.45, 7) is -0.354. The van der Waals surface area contributed by atoms with Gasteiger partial charge in [0.1, 0.15) is 0 Å². The molecule has 16 heavy (non-hydrogen) atoms. The maximum atomic E-state index is 11.6. The molecule has 1 aromatic rings. The van der Waals surface area contributed by atoms with Gasteiger partial charge in [-0.25, -0.2) is 5.48 Å².